The van der Waals surface area contributed by atoms with E-state index in [1.54, 1.807) is 18.2 Å². The first-order valence-corrected chi connectivity index (χ1v) is 6.65. The van der Waals surface area contributed by atoms with Crippen LogP contribution in [0, 0.1) is 5.82 Å². The van der Waals surface area contributed by atoms with E-state index in [-0.39, 0.29) is 11.7 Å². The summed E-state index contributed by atoms with van der Waals surface area (Å²) in [6.07, 6.45) is 0. The number of nitrogens with zero attached hydrogens (tertiary/aromatic N) is 2. The molecule has 0 radical (unpaired) electrons. The zero-order chi connectivity index (χ0) is 14.5. The molecule has 0 aliphatic rings. The van der Waals surface area contributed by atoms with Crippen molar-refractivity contribution in [3.05, 3.63) is 71.9 Å². The van der Waals surface area contributed by atoms with Gasteiger partial charge in [-0.15, -0.1) is 10.2 Å². The van der Waals surface area contributed by atoms with Crippen LogP contribution in [0.4, 0.5) is 4.39 Å². The van der Waals surface area contributed by atoms with Gasteiger partial charge in [0.25, 0.3) is 5.89 Å². The molecule has 0 fully saturated rings. The highest BCUT2D eigenvalue weighted by molar-refractivity contribution is 5.53. The predicted octanol–water partition coefficient (Wildman–Crippen LogP) is 3.17. The first-order chi connectivity index (χ1) is 10.3. The van der Waals surface area contributed by atoms with E-state index < -0.39 is 0 Å². The molecule has 0 atom stereocenters. The highest BCUT2D eigenvalue weighted by Gasteiger charge is 2.11. The minimum Gasteiger partial charge on any atom is -0.419 e. The molecule has 1 N–H and O–H groups in total. The van der Waals surface area contributed by atoms with Crippen LogP contribution in [0.15, 0.2) is 59.0 Å². The van der Waals surface area contributed by atoms with Crippen molar-refractivity contribution in [1.82, 2.24) is 15.5 Å². The highest BCUT2D eigenvalue weighted by atomic mass is 19.1. The lowest BCUT2D eigenvalue weighted by Crippen LogP contribution is -2.12. The Morgan fingerprint density at radius 3 is 2.48 bits per heavy atom. The van der Waals surface area contributed by atoms with Crippen LogP contribution in [0.1, 0.15) is 11.5 Å². The molecule has 5 heteroatoms. The topological polar surface area (TPSA) is 51.0 Å². The van der Waals surface area contributed by atoms with E-state index in [4.69, 9.17) is 4.42 Å². The molecule has 0 spiro atoms. The van der Waals surface area contributed by atoms with Crippen molar-refractivity contribution in [3.63, 3.8) is 0 Å². The summed E-state index contributed by atoms with van der Waals surface area (Å²) < 4.78 is 19.1. The molecule has 0 unspecified atom stereocenters. The van der Waals surface area contributed by atoms with Gasteiger partial charge in [-0.05, 0) is 17.7 Å². The van der Waals surface area contributed by atoms with Crippen molar-refractivity contribution in [3.8, 4) is 11.5 Å². The van der Waals surface area contributed by atoms with Gasteiger partial charge in [-0.2, -0.15) is 0 Å². The van der Waals surface area contributed by atoms with E-state index in [1.165, 1.54) is 11.6 Å². The Hall–Kier alpha value is -2.53. The lowest BCUT2D eigenvalue weighted by molar-refractivity contribution is 0.474. The molecule has 2 aromatic carbocycles. The van der Waals surface area contributed by atoms with Gasteiger partial charge >= 0.3 is 0 Å². The fourth-order valence-corrected chi connectivity index (χ4v) is 1.98. The monoisotopic (exact) mass is 283 g/mol. The quantitative estimate of drug-likeness (QED) is 0.781. The zero-order valence-electron chi connectivity index (χ0n) is 11.3. The van der Waals surface area contributed by atoms with E-state index in [2.05, 4.69) is 15.5 Å². The first kappa shape index (κ1) is 13.5. The van der Waals surface area contributed by atoms with Crippen molar-refractivity contribution in [1.29, 1.82) is 0 Å². The van der Waals surface area contributed by atoms with Gasteiger partial charge in [-0.1, -0.05) is 42.5 Å². The van der Waals surface area contributed by atoms with Gasteiger partial charge in [0.2, 0.25) is 5.89 Å². The third-order valence-electron chi connectivity index (χ3n) is 3.02. The molecule has 3 rings (SSSR count). The van der Waals surface area contributed by atoms with Gasteiger partial charge in [0.1, 0.15) is 5.82 Å². The summed E-state index contributed by atoms with van der Waals surface area (Å²) in [5, 5.41) is 11.0. The second-order valence-electron chi connectivity index (χ2n) is 4.57. The Morgan fingerprint density at radius 1 is 0.905 bits per heavy atom. The molecule has 0 bridgehead atoms. The van der Waals surface area contributed by atoms with Gasteiger partial charge in [0.05, 0.1) is 12.1 Å². The molecule has 0 aliphatic heterocycles. The second-order valence-corrected chi connectivity index (χ2v) is 4.57. The fourth-order valence-electron chi connectivity index (χ4n) is 1.98. The standard InChI is InChI=1S/C16H14FN3O/c17-14-9-5-4-8-13(14)16-20-19-15(21-16)11-18-10-12-6-2-1-3-7-12/h1-9,18H,10-11H2. The fraction of sp³-hybridized carbons (Fsp3) is 0.125. The summed E-state index contributed by atoms with van der Waals surface area (Å²) in [5.74, 6) is 0.263. The number of aromatic nitrogens is 2. The Morgan fingerprint density at radius 2 is 1.67 bits per heavy atom. The van der Waals surface area contributed by atoms with Crippen LogP contribution in [-0.2, 0) is 13.1 Å². The van der Waals surface area contributed by atoms with Gasteiger partial charge in [-0.3, -0.25) is 0 Å². The van der Waals surface area contributed by atoms with Gasteiger partial charge < -0.3 is 9.73 Å². The van der Waals surface area contributed by atoms with Crippen LogP contribution in [0.3, 0.4) is 0 Å². The van der Waals surface area contributed by atoms with E-state index in [1.807, 2.05) is 30.3 Å². The Bertz CT molecular complexity index is 712. The molecular formula is C16H14FN3O. The normalized spacial score (nSPS) is 10.7. The summed E-state index contributed by atoms with van der Waals surface area (Å²) in [7, 11) is 0. The second kappa shape index (κ2) is 6.28. The molecule has 0 saturated heterocycles. The van der Waals surface area contributed by atoms with Crippen LogP contribution in [0.2, 0.25) is 0 Å². The lowest BCUT2D eigenvalue weighted by Gasteiger charge is -2.01. The maximum Gasteiger partial charge on any atom is 0.250 e. The van der Waals surface area contributed by atoms with E-state index in [9.17, 15) is 4.39 Å². The molecule has 1 heterocycles. The number of hydrogen-bond acceptors (Lipinski definition) is 4. The van der Waals surface area contributed by atoms with Crippen LogP contribution >= 0.6 is 0 Å². The number of benzene rings is 2. The van der Waals surface area contributed by atoms with Gasteiger partial charge in [-0.25, -0.2) is 4.39 Å². The number of halogens is 1. The number of hydrogen-bond donors (Lipinski definition) is 1. The third kappa shape index (κ3) is 3.32. The van der Waals surface area contributed by atoms with Crippen LogP contribution in [-0.4, -0.2) is 10.2 Å². The third-order valence-corrected chi connectivity index (χ3v) is 3.02. The van der Waals surface area contributed by atoms with E-state index in [0.29, 0.717) is 24.5 Å². The molecule has 4 nitrogen and oxygen atoms in total. The molecular weight excluding hydrogens is 269 g/mol. The lowest BCUT2D eigenvalue weighted by atomic mass is 10.2. The summed E-state index contributed by atoms with van der Waals surface area (Å²) in [6.45, 7) is 1.15. The molecule has 1 aromatic heterocycles. The largest absolute Gasteiger partial charge is 0.419 e. The van der Waals surface area contributed by atoms with Crippen molar-refractivity contribution < 1.29 is 8.81 Å². The zero-order valence-corrected chi connectivity index (χ0v) is 11.3. The van der Waals surface area contributed by atoms with Crippen molar-refractivity contribution in [2.75, 3.05) is 0 Å². The van der Waals surface area contributed by atoms with Gasteiger partial charge in [0, 0.05) is 6.54 Å². The Balaban J connectivity index is 1.62. The molecule has 0 amide bonds. The predicted molar refractivity (Wildman–Crippen MR) is 76.7 cm³/mol. The van der Waals surface area contributed by atoms with Gasteiger partial charge in [0.15, 0.2) is 0 Å². The summed E-state index contributed by atoms with van der Waals surface area (Å²) in [6, 6.07) is 16.4. The number of nitrogens with one attached hydrogen (secondary N) is 1. The summed E-state index contributed by atoms with van der Waals surface area (Å²) >= 11 is 0. The molecule has 0 aliphatic carbocycles. The number of rotatable bonds is 5. The van der Waals surface area contributed by atoms with Crippen LogP contribution in [0.5, 0.6) is 0 Å². The SMILES string of the molecule is Fc1ccccc1-c1nnc(CNCc2ccccc2)o1. The average Bonchev–Trinajstić information content (AvgIpc) is 2.97. The Kier molecular flexibility index (Phi) is 4.02. The van der Waals surface area contributed by atoms with E-state index >= 15 is 0 Å². The molecule has 21 heavy (non-hydrogen) atoms. The van der Waals surface area contributed by atoms with E-state index in [0.717, 1.165) is 0 Å². The molecule has 3 aromatic rings. The first-order valence-electron chi connectivity index (χ1n) is 6.65. The summed E-state index contributed by atoms with van der Waals surface area (Å²) in [5.41, 5.74) is 1.49. The van der Waals surface area contributed by atoms with Crippen LogP contribution in [0.25, 0.3) is 11.5 Å². The van der Waals surface area contributed by atoms with Crippen molar-refractivity contribution in [2.24, 2.45) is 0 Å². The maximum absolute atomic E-state index is 13.6. The van der Waals surface area contributed by atoms with Crippen molar-refractivity contribution >= 4 is 0 Å². The minimum absolute atomic E-state index is 0.199. The summed E-state index contributed by atoms with van der Waals surface area (Å²) in [4.78, 5) is 0. The molecule has 106 valence electrons. The van der Waals surface area contributed by atoms with Crippen LogP contribution < -0.4 is 5.32 Å². The minimum atomic E-state index is -0.370. The highest BCUT2D eigenvalue weighted by Crippen LogP contribution is 2.20. The maximum atomic E-state index is 13.6. The smallest absolute Gasteiger partial charge is 0.250 e. The Labute approximate surface area is 121 Å². The molecule has 0 saturated carbocycles. The van der Waals surface area contributed by atoms with Crippen molar-refractivity contribution in [2.45, 2.75) is 13.1 Å². The average molecular weight is 283 g/mol.